The minimum atomic E-state index is -2.83. The van der Waals surface area contributed by atoms with Crippen molar-refractivity contribution in [3.63, 3.8) is 0 Å². The van der Waals surface area contributed by atoms with Gasteiger partial charge in [0.15, 0.2) is 0 Å². The third kappa shape index (κ3) is 9.71. The summed E-state index contributed by atoms with van der Waals surface area (Å²) < 4.78 is 45.2. The molecular formula is C24H29F4N5O6S. The summed E-state index contributed by atoms with van der Waals surface area (Å²) in [6.45, 7) is 5.39. The molecule has 0 bridgehead atoms. The Labute approximate surface area is 230 Å². The van der Waals surface area contributed by atoms with Crippen LogP contribution in [-0.4, -0.2) is 87.5 Å². The van der Waals surface area contributed by atoms with Crippen molar-refractivity contribution in [1.29, 1.82) is 0 Å². The molecule has 16 heteroatoms. The van der Waals surface area contributed by atoms with Crippen molar-refractivity contribution in [3.8, 4) is 10.6 Å². The van der Waals surface area contributed by atoms with Crippen LogP contribution >= 0.6 is 11.3 Å². The quantitative estimate of drug-likeness (QED) is 0.138. The third-order valence-corrected chi connectivity index (χ3v) is 6.74. The topological polar surface area (TPSA) is 167 Å². The average molecular weight is 592 g/mol. The SMILES string of the molecule is CCOCCNc1nc(C)c(-c2nc3ccccc3s2)c(N[C@@H]2C[C@H](CO)[C@@H](O)[C@H]2O)n1.O=C(F)F.O=C(F)F. The first-order valence-corrected chi connectivity index (χ1v) is 12.8. The van der Waals surface area contributed by atoms with E-state index in [4.69, 9.17) is 19.3 Å². The molecule has 11 nitrogen and oxygen atoms in total. The maximum Gasteiger partial charge on any atom is 0.483 e. The van der Waals surface area contributed by atoms with E-state index >= 15 is 0 Å². The Hall–Kier alpha value is -3.31. The highest BCUT2D eigenvalue weighted by Gasteiger charge is 2.41. The van der Waals surface area contributed by atoms with Gasteiger partial charge in [-0.3, -0.25) is 0 Å². The summed E-state index contributed by atoms with van der Waals surface area (Å²) in [5.41, 5.74) is 2.40. The van der Waals surface area contributed by atoms with Crippen molar-refractivity contribution in [1.82, 2.24) is 15.0 Å². The van der Waals surface area contributed by atoms with Gasteiger partial charge in [-0.15, -0.1) is 28.9 Å². The molecule has 1 fully saturated rings. The fourth-order valence-corrected chi connectivity index (χ4v) is 5.06. The molecule has 4 atom stereocenters. The molecule has 1 aromatic carbocycles. The molecule has 0 amide bonds. The number of aromatic nitrogens is 3. The average Bonchev–Trinajstić information content (AvgIpc) is 3.42. The number of thiazole rings is 1. The van der Waals surface area contributed by atoms with Crippen molar-refractivity contribution in [2.45, 2.75) is 38.5 Å². The maximum absolute atomic E-state index is 10.5. The molecule has 0 saturated heterocycles. The number of aryl methyl sites for hydroxylation is 1. The lowest BCUT2D eigenvalue weighted by Gasteiger charge is -2.21. The van der Waals surface area contributed by atoms with Crippen LogP contribution in [0.15, 0.2) is 24.3 Å². The molecule has 220 valence electrons. The summed E-state index contributed by atoms with van der Waals surface area (Å²) in [6.07, 6.45) is -7.25. The van der Waals surface area contributed by atoms with Crippen molar-refractivity contribution in [2.24, 2.45) is 5.92 Å². The van der Waals surface area contributed by atoms with Crippen molar-refractivity contribution in [3.05, 3.63) is 30.0 Å². The first-order valence-electron chi connectivity index (χ1n) is 12.0. The molecule has 1 aliphatic carbocycles. The first kappa shape index (κ1) is 32.9. The van der Waals surface area contributed by atoms with Gasteiger partial charge in [-0.25, -0.2) is 19.6 Å². The van der Waals surface area contributed by atoms with Gasteiger partial charge in [0.05, 0.1) is 40.2 Å². The Balaban J connectivity index is 0.000000621. The summed E-state index contributed by atoms with van der Waals surface area (Å²) in [5.74, 6) is 0.590. The predicted octanol–water partition coefficient (Wildman–Crippen LogP) is 4.12. The smallest absolute Gasteiger partial charge is 0.396 e. The normalized spacial score (nSPS) is 19.7. The van der Waals surface area contributed by atoms with Crippen LogP contribution in [0.4, 0.5) is 38.9 Å². The second-order valence-electron chi connectivity index (χ2n) is 8.33. The number of rotatable bonds is 9. The molecule has 1 aliphatic rings. The van der Waals surface area contributed by atoms with E-state index in [1.807, 2.05) is 38.1 Å². The molecule has 2 aromatic heterocycles. The number of hydrogen-bond acceptors (Lipinski definition) is 12. The summed E-state index contributed by atoms with van der Waals surface area (Å²) in [4.78, 5) is 30.3. The van der Waals surface area contributed by atoms with Crippen molar-refractivity contribution in [2.75, 3.05) is 37.0 Å². The number of benzene rings is 1. The lowest BCUT2D eigenvalue weighted by Crippen LogP contribution is -2.35. The molecule has 5 N–H and O–H groups in total. The predicted molar refractivity (Wildman–Crippen MR) is 140 cm³/mol. The van der Waals surface area contributed by atoms with E-state index in [0.29, 0.717) is 37.9 Å². The lowest BCUT2D eigenvalue weighted by atomic mass is 10.1. The van der Waals surface area contributed by atoms with E-state index in [0.717, 1.165) is 26.5 Å². The number of anilines is 2. The van der Waals surface area contributed by atoms with E-state index in [2.05, 4.69) is 20.6 Å². The van der Waals surface area contributed by atoms with Crippen LogP contribution in [0.2, 0.25) is 0 Å². The number of nitrogens with zero attached hydrogens (tertiary/aromatic N) is 3. The fraction of sp³-hybridized carbons (Fsp3) is 0.458. The number of aliphatic hydroxyl groups is 3. The standard InChI is InChI=1S/C22H29N5O4S.2CF2O/c1-3-31-9-8-23-22-24-12(2)17(21-26-14-6-4-5-7-16(14)32-21)20(27-22)25-15-10-13(11-28)18(29)19(15)30;2*2-1(3)4/h4-7,13,15,18-19,28-30H,3,8-11H2,1-2H3,(H2,23,24,25,27);;/t13-,15-,18-,19+;;/m1../s1. The van der Waals surface area contributed by atoms with E-state index in [-0.39, 0.29) is 12.5 Å². The van der Waals surface area contributed by atoms with E-state index in [9.17, 15) is 32.9 Å². The Morgan fingerprint density at radius 1 is 1.07 bits per heavy atom. The molecular weight excluding hydrogens is 562 g/mol. The summed E-state index contributed by atoms with van der Waals surface area (Å²) in [5, 5.41) is 37.5. The monoisotopic (exact) mass is 591 g/mol. The van der Waals surface area contributed by atoms with Gasteiger partial charge < -0.3 is 30.7 Å². The number of ether oxygens (including phenoxy) is 1. The van der Waals surface area contributed by atoms with E-state index in [1.54, 1.807) is 11.3 Å². The highest BCUT2D eigenvalue weighted by atomic mass is 32.1. The fourth-order valence-electron chi connectivity index (χ4n) is 4.00. The number of halogens is 4. The molecule has 0 spiro atoms. The molecule has 0 aliphatic heterocycles. The Morgan fingerprint density at radius 2 is 1.73 bits per heavy atom. The number of nitrogens with one attached hydrogen (secondary N) is 2. The van der Waals surface area contributed by atoms with Crippen LogP contribution in [0.1, 0.15) is 19.0 Å². The Bertz CT molecular complexity index is 1220. The number of carbonyl (C=O) groups excluding carboxylic acids is 2. The molecule has 2 heterocycles. The number of para-hydroxylation sites is 1. The number of aliphatic hydroxyl groups excluding tert-OH is 3. The van der Waals surface area contributed by atoms with Gasteiger partial charge in [0.1, 0.15) is 16.9 Å². The van der Waals surface area contributed by atoms with Crippen LogP contribution in [0, 0.1) is 12.8 Å². The minimum Gasteiger partial charge on any atom is -0.396 e. The zero-order valence-corrected chi connectivity index (χ0v) is 22.3. The second-order valence-corrected chi connectivity index (χ2v) is 9.36. The maximum atomic E-state index is 10.5. The Kier molecular flexibility index (Phi) is 13.2. The van der Waals surface area contributed by atoms with Gasteiger partial charge in [0, 0.05) is 25.7 Å². The van der Waals surface area contributed by atoms with Crippen LogP contribution in [-0.2, 0) is 4.74 Å². The van der Waals surface area contributed by atoms with Gasteiger partial charge in [-0.2, -0.15) is 4.98 Å². The second kappa shape index (κ2) is 16.1. The van der Waals surface area contributed by atoms with Gasteiger partial charge >= 0.3 is 12.6 Å². The zero-order valence-electron chi connectivity index (χ0n) is 21.5. The summed E-state index contributed by atoms with van der Waals surface area (Å²) in [7, 11) is 0. The number of hydrogen-bond donors (Lipinski definition) is 5. The highest BCUT2D eigenvalue weighted by Crippen LogP contribution is 2.38. The third-order valence-electron chi connectivity index (χ3n) is 5.69. The largest absolute Gasteiger partial charge is 0.483 e. The van der Waals surface area contributed by atoms with Crippen LogP contribution in [0.5, 0.6) is 0 Å². The molecule has 1 saturated carbocycles. The molecule has 3 aromatic rings. The van der Waals surface area contributed by atoms with Crippen LogP contribution in [0.3, 0.4) is 0 Å². The zero-order chi connectivity index (χ0) is 29.8. The first-order chi connectivity index (χ1) is 19.0. The van der Waals surface area contributed by atoms with Gasteiger partial charge in [-0.05, 0) is 32.4 Å². The summed E-state index contributed by atoms with van der Waals surface area (Å²) in [6, 6.07) is 7.45. The molecule has 4 rings (SSSR count). The lowest BCUT2D eigenvalue weighted by molar-refractivity contribution is 0.00446. The van der Waals surface area contributed by atoms with Crippen molar-refractivity contribution < 1.29 is 47.2 Å². The van der Waals surface area contributed by atoms with E-state index < -0.39 is 30.8 Å². The van der Waals surface area contributed by atoms with Crippen LogP contribution in [0.25, 0.3) is 20.8 Å². The van der Waals surface area contributed by atoms with Gasteiger partial charge in [0.2, 0.25) is 5.95 Å². The van der Waals surface area contributed by atoms with Crippen molar-refractivity contribution >= 4 is 45.9 Å². The molecule has 0 unspecified atom stereocenters. The Morgan fingerprint density at radius 3 is 2.30 bits per heavy atom. The van der Waals surface area contributed by atoms with Gasteiger partial charge in [-0.1, -0.05) is 12.1 Å². The number of carbonyl (C=O) groups is 2. The number of fused-ring (bicyclic) bond motifs is 1. The molecule has 0 radical (unpaired) electrons. The van der Waals surface area contributed by atoms with E-state index in [1.165, 1.54) is 0 Å². The van der Waals surface area contributed by atoms with Gasteiger partial charge in [0.25, 0.3) is 0 Å². The summed E-state index contributed by atoms with van der Waals surface area (Å²) >= 11 is 1.55. The minimum absolute atomic E-state index is 0.186. The highest BCUT2D eigenvalue weighted by molar-refractivity contribution is 7.21. The molecule has 40 heavy (non-hydrogen) atoms. The van der Waals surface area contributed by atoms with Crippen LogP contribution < -0.4 is 10.6 Å².